The summed E-state index contributed by atoms with van der Waals surface area (Å²) in [6, 6.07) is 17.0. The summed E-state index contributed by atoms with van der Waals surface area (Å²) in [6.07, 6.45) is 3.42. The lowest BCUT2D eigenvalue weighted by Gasteiger charge is -2.37. The molecule has 0 bridgehead atoms. The predicted octanol–water partition coefficient (Wildman–Crippen LogP) is 8.74. The van der Waals surface area contributed by atoms with Crippen LogP contribution in [0.25, 0.3) is 21.9 Å². The summed E-state index contributed by atoms with van der Waals surface area (Å²) in [5, 5.41) is 2.61. The van der Waals surface area contributed by atoms with Crippen LogP contribution in [0.15, 0.2) is 48.5 Å². The number of ketones is 1. The van der Waals surface area contributed by atoms with Gasteiger partial charge in [0, 0.05) is 10.9 Å². The van der Waals surface area contributed by atoms with E-state index in [0.717, 1.165) is 23.3 Å². The molecule has 3 heteroatoms. The third-order valence-corrected chi connectivity index (χ3v) is 11.2. The summed E-state index contributed by atoms with van der Waals surface area (Å²) in [6.45, 7) is 17.5. The van der Waals surface area contributed by atoms with E-state index in [1.54, 1.807) is 6.92 Å². The van der Waals surface area contributed by atoms with Gasteiger partial charge in [0.05, 0.1) is 0 Å². The van der Waals surface area contributed by atoms with E-state index in [-0.39, 0.29) is 10.8 Å². The molecule has 170 valence electrons. The van der Waals surface area contributed by atoms with Crippen molar-refractivity contribution in [3.8, 4) is 16.9 Å². The van der Waals surface area contributed by atoms with Crippen LogP contribution in [0.3, 0.4) is 0 Å². The zero-order chi connectivity index (χ0) is 23.7. The molecule has 0 amide bonds. The van der Waals surface area contributed by atoms with Crippen LogP contribution in [0.1, 0.15) is 68.9 Å². The second-order valence-corrected chi connectivity index (χ2v) is 15.3. The third kappa shape index (κ3) is 4.99. The number of rotatable bonds is 7. The molecule has 0 N–H and O–H groups in total. The Labute approximate surface area is 195 Å². The quantitative estimate of drug-likeness (QED) is 0.268. The maximum absolute atomic E-state index is 11.8. The van der Waals surface area contributed by atoms with Crippen LogP contribution in [-0.4, -0.2) is 14.1 Å². The van der Waals surface area contributed by atoms with Crippen LogP contribution in [-0.2, 0) is 6.42 Å². The highest BCUT2D eigenvalue weighted by molar-refractivity contribution is 6.74. The lowest BCUT2D eigenvalue weighted by atomic mass is 9.91. The average molecular weight is 447 g/mol. The van der Waals surface area contributed by atoms with Crippen molar-refractivity contribution in [3.63, 3.8) is 0 Å². The van der Waals surface area contributed by atoms with E-state index < -0.39 is 8.32 Å². The molecule has 3 aromatic rings. The van der Waals surface area contributed by atoms with Crippen molar-refractivity contribution in [2.75, 3.05) is 0 Å². The first-order valence-corrected chi connectivity index (χ1v) is 14.7. The van der Waals surface area contributed by atoms with Crippen LogP contribution in [0, 0.1) is 6.92 Å². The van der Waals surface area contributed by atoms with E-state index in [0.29, 0.717) is 0 Å². The van der Waals surface area contributed by atoms with Gasteiger partial charge in [0.15, 0.2) is 5.78 Å². The molecule has 0 saturated heterocycles. The van der Waals surface area contributed by atoms with Crippen molar-refractivity contribution in [2.45, 2.75) is 78.9 Å². The number of carbonyl (C=O) groups is 1. The van der Waals surface area contributed by atoms with Crippen molar-refractivity contribution in [1.82, 2.24) is 0 Å². The number of Topliss-reactive ketones (excluding diaryl/α,β-unsaturated/α-hetero) is 1. The predicted molar refractivity (Wildman–Crippen MR) is 141 cm³/mol. The van der Waals surface area contributed by atoms with Crippen molar-refractivity contribution in [1.29, 1.82) is 0 Å². The number of fused-ring (bicyclic) bond motifs is 1. The summed E-state index contributed by atoms with van der Waals surface area (Å²) in [4.78, 5) is 11.8. The van der Waals surface area contributed by atoms with Crippen molar-refractivity contribution in [2.24, 2.45) is 0 Å². The third-order valence-electron chi connectivity index (χ3n) is 6.88. The zero-order valence-electron chi connectivity index (χ0n) is 21.1. The Morgan fingerprint density at radius 1 is 1.00 bits per heavy atom. The number of hydrogen-bond acceptors (Lipinski definition) is 2. The lowest BCUT2D eigenvalue weighted by Crippen LogP contribution is -2.43. The molecule has 0 saturated carbocycles. The van der Waals surface area contributed by atoms with Gasteiger partial charge in [0.1, 0.15) is 5.75 Å². The monoisotopic (exact) mass is 446 g/mol. The molecule has 0 aromatic heterocycles. The topological polar surface area (TPSA) is 26.3 Å². The molecule has 0 aliphatic heterocycles. The van der Waals surface area contributed by atoms with Gasteiger partial charge in [-0.3, -0.25) is 4.79 Å². The molecule has 3 rings (SSSR count). The number of hydrogen-bond donors (Lipinski definition) is 0. The smallest absolute Gasteiger partial charge is 0.250 e. The van der Waals surface area contributed by atoms with Crippen LogP contribution in [0.2, 0.25) is 18.1 Å². The number of unbranched alkanes of at least 4 members (excludes halogenated alkanes) is 1. The summed E-state index contributed by atoms with van der Waals surface area (Å²) >= 11 is 0. The van der Waals surface area contributed by atoms with E-state index in [1.807, 2.05) is 12.1 Å². The molecular formula is C29H38O2Si. The highest BCUT2D eigenvalue weighted by Gasteiger charge is 2.39. The fourth-order valence-corrected chi connectivity index (χ4v) is 4.89. The first-order valence-electron chi connectivity index (χ1n) is 11.8. The first kappa shape index (κ1) is 24.3. The highest BCUT2D eigenvalue weighted by atomic mass is 28.4. The Hall–Kier alpha value is -2.39. The molecule has 0 spiro atoms. The minimum absolute atomic E-state index is 0.0921. The van der Waals surface area contributed by atoms with Crippen LogP contribution in [0.4, 0.5) is 0 Å². The van der Waals surface area contributed by atoms with Crippen molar-refractivity contribution >= 4 is 24.9 Å². The van der Waals surface area contributed by atoms with E-state index in [9.17, 15) is 4.79 Å². The summed E-state index contributed by atoms with van der Waals surface area (Å²) in [7, 11) is -2.01. The molecule has 3 aromatic carbocycles. The fraction of sp³-hybridized carbons (Fsp3) is 0.414. The van der Waals surface area contributed by atoms with E-state index >= 15 is 0 Å². The van der Waals surface area contributed by atoms with E-state index in [4.69, 9.17) is 4.43 Å². The highest BCUT2D eigenvalue weighted by Crippen LogP contribution is 2.43. The van der Waals surface area contributed by atoms with Crippen LogP contribution >= 0.6 is 0 Å². The van der Waals surface area contributed by atoms with E-state index in [2.05, 4.69) is 84.1 Å². The molecule has 0 aliphatic carbocycles. The number of aryl methyl sites for hydroxylation is 2. The molecular weight excluding hydrogens is 408 g/mol. The van der Waals surface area contributed by atoms with Gasteiger partial charge in [0.2, 0.25) is 0 Å². The van der Waals surface area contributed by atoms with Gasteiger partial charge in [-0.1, -0.05) is 76.6 Å². The first-order chi connectivity index (χ1) is 14.9. The SMILES string of the molecule is CCCCc1ccc(O[Si](C)(C)C(C)(C)C)c2c(-c3ccc(C(C)=O)cc3)cc(C)cc12. The largest absolute Gasteiger partial charge is 0.543 e. The Balaban J connectivity index is 2.29. The standard InChI is InChI=1S/C29H38O2Si/c1-9-10-11-23-16-17-27(31-32(7,8)29(4,5)6)28-25(23)18-20(2)19-26(28)24-14-12-22(13-15-24)21(3)30/h12-19H,9-11H2,1-8H3. The summed E-state index contributed by atoms with van der Waals surface area (Å²) in [5.41, 5.74) is 5.67. The van der Waals surface area contributed by atoms with Gasteiger partial charge in [-0.2, -0.15) is 0 Å². The Kier molecular flexibility index (Phi) is 6.99. The molecule has 32 heavy (non-hydrogen) atoms. The summed E-state index contributed by atoms with van der Waals surface area (Å²) < 4.78 is 6.89. The minimum Gasteiger partial charge on any atom is -0.543 e. The number of benzene rings is 3. The normalized spacial score (nSPS) is 12.2. The Morgan fingerprint density at radius 2 is 1.66 bits per heavy atom. The summed E-state index contributed by atoms with van der Waals surface area (Å²) in [5.74, 6) is 1.08. The van der Waals surface area contributed by atoms with Crippen LogP contribution < -0.4 is 4.43 Å². The Bertz CT molecular complexity index is 1120. The Morgan fingerprint density at radius 3 is 2.22 bits per heavy atom. The average Bonchev–Trinajstić information content (AvgIpc) is 2.71. The minimum atomic E-state index is -2.01. The number of carbonyl (C=O) groups excluding carboxylic acids is 1. The molecule has 0 fully saturated rings. The molecule has 0 atom stereocenters. The van der Waals surface area contributed by atoms with Crippen LogP contribution in [0.5, 0.6) is 5.75 Å². The maximum Gasteiger partial charge on any atom is 0.250 e. The van der Waals surface area contributed by atoms with Gasteiger partial charge < -0.3 is 4.43 Å². The van der Waals surface area contributed by atoms with Gasteiger partial charge in [-0.25, -0.2) is 0 Å². The van der Waals surface area contributed by atoms with Gasteiger partial charge in [-0.15, -0.1) is 0 Å². The van der Waals surface area contributed by atoms with Crippen molar-refractivity contribution in [3.05, 3.63) is 65.2 Å². The molecule has 0 radical (unpaired) electrons. The zero-order valence-corrected chi connectivity index (χ0v) is 22.1. The van der Waals surface area contributed by atoms with E-state index in [1.165, 1.54) is 40.3 Å². The second kappa shape index (κ2) is 9.23. The van der Waals surface area contributed by atoms with Gasteiger partial charge >= 0.3 is 0 Å². The maximum atomic E-state index is 11.8. The van der Waals surface area contributed by atoms with Gasteiger partial charge in [0.25, 0.3) is 8.32 Å². The molecule has 0 heterocycles. The molecule has 2 nitrogen and oxygen atoms in total. The van der Waals surface area contributed by atoms with Gasteiger partial charge in [-0.05, 0) is 78.5 Å². The second-order valence-electron chi connectivity index (χ2n) is 10.6. The van der Waals surface area contributed by atoms with Crippen molar-refractivity contribution < 1.29 is 9.22 Å². The lowest BCUT2D eigenvalue weighted by molar-refractivity contribution is 0.101. The molecule has 0 aliphatic rings. The molecule has 0 unspecified atom stereocenters. The fourth-order valence-electron chi connectivity index (χ4n) is 3.86.